The third-order valence-electron chi connectivity index (χ3n) is 5.73. The van der Waals surface area contributed by atoms with Gasteiger partial charge in [-0.1, -0.05) is 18.2 Å². The van der Waals surface area contributed by atoms with Crippen molar-refractivity contribution in [2.75, 3.05) is 0 Å². The molecule has 0 radical (unpaired) electrons. The molecule has 1 aliphatic rings. The van der Waals surface area contributed by atoms with Gasteiger partial charge in [0.25, 0.3) is 0 Å². The van der Waals surface area contributed by atoms with Gasteiger partial charge in [0.15, 0.2) is 11.6 Å². The Balaban J connectivity index is 1.34. The smallest absolute Gasteiger partial charge is 0.203 e. The van der Waals surface area contributed by atoms with Crippen LogP contribution in [0.2, 0.25) is 0 Å². The summed E-state index contributed by atoms with van der Waals surface area (Å²) in [6, 6.07) is 9.26. The Hall–Kier alpha value is -3.85. The first-order valence-electron chi connectivity index (χ1n) is 10.9. The Labute approximate surface area is 190 Å². The number of aryl methyl sites for hydroxylation is 1. The average Bonchev–Trinajstić information content (AvgIpc) is 3.44. The van der Waals surface area contributed by atoms with E-state index in [1.807, 2.05) is 37.5 Å². The lowest BCUT2D eigenvalue weighted by molar-refractivity contribution is 0.0599. The summed E-state index contributed by atoms with van der Waals surface area (Å²) in [6.07, 6.45) is 10.7. The number of aliphatic hydroxyl groups excluding tert-OH is 1. The highest BCUT2D eigenvalue weighted by atomic mass is 16.5. The minimum absolute atomic E-state index is 0.118. The van der Waals surface area contributed by atoms with Crippen molar-refractivity contribution in [1.82, 2.24) is 29.5 Å². The number of nitrogens with zero attached hydrogens (tertiary/aromatic N) is 6. The molecule has 0 spiro atoms. The van der Waals surface area contributed by atoms with Crippen LogP contribution in [0.15, 0.2) is 66.1 Å². The molecule has 1 N–H and O–H groups in total. The Morgan fingerprint density at radius 3 is 2.73 bits per heavy atom. The molecule has 168 valence electrons. The average molecular weight is 444 g/mol. The van der Waals surface area contributed by atoms with Gasteiger partial charge in [-0.25, -0.2) is 14.6 Å². The molecular formula is C24H24N6O3. The van der Waals surface area contributed by atoms with E-state index in [2.05, 4.69) is 20.2 Å². The van der Waals surface area contributed by atoms with E-state index in [4.69, 9.17) is 4.74 Å². The molecule has 0 aliphatic heterocycles. The second-order valence-corrected chi connectivity index (χ2v) is 8.22. The second kappa shape index (κ2) is 8.95. The lowest BCUT2D eigenvalue weighted by Gasteiger charge is -2.16. The highest BCUT2D eigenvalue weighted by Gasteiger charge is 2.27. The number of aliphatic hydroxyl groups is 1. The zero-order chi connectivity index (χ0) is 22.8. The van der Waals surface area contributed by atoms with Crippen molar-refractivity contribution < 1.29 is 9.84 Å². The van der Waals surface area contributed by atoms with E-state index in [0.717, 1.165) is 36.1 Å². The maximum Gasteiger partial charge on any atom is 0.203 e. The molecule has 0 unspecified atom stereocenters. The first-order valence-corrected chi connectivity index (χ1v) is 10.9. The van der Waals surface area contributed by atoms with Gasteiger partial charge in [-0.3, -0.25) is 9.48 Å². The van der Waals surface area contributed by atoms with Crippen LogP contribution in [-0.4, -0.2) is 46.8 Å². The van der Waals surface area contributed by atoms with E-state index < -0.39 is 6.10 Å². The van der Waals surface area contributed by atoms with Crippen molar-refractivity contribution >= 4 is 0 Å². The van der Waals surface area contributed by atoms with Crippen molar-refractivity contribution in [2.24, 2.45) is 7.05 Å². The summed E-state index contributed by atoms with van der Waals surface area (Å²) >= 11 is 0. The van der Waals surface area contributed by atoms with Crippen molar-refractivity contribution in [3.8, 4) is 22.8 Å². The predicted octanol–water partition coefficient (Wildman–Crippen LogP) is 2.31. The van der Waals surface area contributed by atoms with Gasteiger partial charge in [-0.2, -0.15) is 10.2 Å². The Morgan fingerprint density at radius 2 is 2.00 bits per heavy atom. The molecule has 9 heteroatoms. The largest absolute Gasteiger partial charge is 0.484 e. The van der Waals surface area contributed by atoms with Crippen LogP contribution < -0.4 is 10.2 Å². The summed E-state index contributed by atoms with van der Waals surface area (Å²) in [5.41, 5.74) is 2.88. The topological polar surface area (TPSA) is 108 Å². The molecule has 1 saturated carbocycles. The maximum absolute atomic E-state index is 12.4. The van der Waals surface area contributed by atoms with Crippen LogP contribution in [-0.2, 0) is 13.5 Å². The summed E-state index contributed by atoms with van der Waals surface area (Å²) in [5, 5.41) is 18.6. The van der Waals surface area contributed by atoms with Crippen molar-refractivity contribution in [3.63, 3.8) is 0 Å². The number of aromatic nitrogens is 6. The molecule has 3 heterocycles. The lowest BCUT2D eigenvalue weighted by Crippen LogP contribution is -2.25. The van der Waals surface area contributed by atoms with E-state index >= 15 is 0 Å². The van der Waals surface area contributed by atoms with E-state index in [-0.39, 0.29) is 11.5 Å². The molecule has 0 saturated heterocycles. The summed E-state index contributed by atoms with van der Waals surface area (Å²) in [7, 11) is 1.83. The highest BCUT2D eigenvalue weighted by Crippen LogP contribution is 2.25. The van der Waals surface area contributed by atoms with Crippen LogP contribution >= 0.6 is 0 Å². The van der Waals surface area contributed by atoms with Crippen LogP contribution in [0, 0.1) is 0 Å². The number of rotatable bonds is 6. The van der Waals surface area contributed by atoms with Gasteiger partial charge in [-0.05, 0) is 30.9 Å². The van der Waals surface area contributed by atoms with Crippen molar-refractivity contribution in [3.05, 3.63) is 82.8 Å². The molecule has 3 aromatic heterocycles. The molecule has 1 aromatic carbocycles. The highest BCUT2D eigenvalue weighted by molar-refractivity contribution is 5.56. The van der Waals surface area contributed by atoms with Gasteiger partial charge in [0.1, 0.15) is 17.5 Å². The van der Waals surface area contributed by atoms with Crippen molar-refractivity contribution in [2.45, 2.75) is 37.9 Å². The Kier molecular flexibility index (Phi) is 5.70. The fourth-order valence-electron chi connectivity index (χ4n) is 4.00. The van der Waals surface area contributed by atoms with E-state index in [1.165, 1.54) is 6.07 Å². The standard InChI is InChI=1S/C24H24N6O3/c1-29-15-18(12-27-29)30-9-8-21(31)20(28-30)11-16-4-2-5-17(10-16)24-25-13-19(14-26-24)33-23-7-3-6-22(23)32/h2,4-5,8-10,12-15,22-23,32H,3,6-7,11H2,1H3/t22-,23-/m1/s1. The normalized spacial score (nSPS) is 17.9. The fraction of sp³-hybridized carbons (Fsp3) is 0.292. The number of benzene rings is 1. The summed E-state index contributed by atoms with van der Waals surface area (Å²) in [6.45, 7) is 0. The fourth-order valence-corrected chi connectivity index (χ4v) is 4.00. The molecular weight excluding hydrogens is 420 g/mol. The number of hydrogen-bond donors (Lipinski definition) is 1. The van der Waals surface area contributed by atoms with E-state index in [0.29, 0.717) is 23.7 Å². The van der Waals surface area contributed by atoms with Crippen LogP contribution in [0.1, 0.15) is 30.5 Å². The van der Waals surface area contributed by atoms with E-state index in [9.17, 15) is 9.90 Å². The quantitative estimate of drug-likeness (QED) is 0.486. The zero-order valence-electron chi connectivity index (χ0n) is 18.2. The predicted molar refractivity (Wildman–Crippen MR) is 121 cm³/mol. The number of ether oxygens (including phenoxy) is 1. The van der Waals surface area contributed by atoms with Crippen LogP contribution in [0.5, 0.6) is 5.75 Å². The third-order valence-corrected chi connectivity index (χ3v) is 5.73. The molecule has 0 bridgehead atoms. The van der Waals surface area contributed by atoms with E-state index in [1.54, 1.807) is 34.2 Å². The van der Waals surface area contributed by atoms with Gasteiger partial charge < -0.3 is 9.84 Å². The van der Waals surface area contributed by atoms with Gasteiger partial charge in [-0.15, -0.1) is 0 Å². The first kappa shape index (κ1) is 21.0. The molecule has 9 nitrogen and oxygen atoms in total. The molecule has 4 aromatic rings. The SMILES string of the molecule is Cn1cc(-n2ccc(=O)c(Cc3cccc(-c4ncc(O[C@@H]5CCC[C@H]5O)cn4)c3)n2)cn1. The summed E-state index contributed by atoms with van der Waals surface area (Å²) < 4.78 is 9.15. The van der Waals surface area contributed by atoms with Gasteiger partial charge in [0.2, 0.25) is 5.43 Å². The van der Waals surface area contributed by atoms with Crippen LogP contribution in [0.3, 0.4) is 0 Å². The first-order chi connectivity index (χ1) is 16.0. The summed E-state index contributed by atoms with van der Waals surface area (Å²) in [5.74, 6) is 1.11. The van der Waals surface area contributed by atoms with Crippen LogP contribution in [0.4, 0.5) is 0 Å². The monoisotopic (exact) mass is 444 g/mol. The molecule has 0 amide bonds. The lowest BCUT2D eigenvalue weighted by atomic mass is 10.1. The summed E-state index contributed by atoms with van der Waals surface area (Å²) in [4.78, 5) is 21.3. The third kappa shape index (κ3) is 4.68. The number of hydrogen-bond acceptors (Lipinski definition) is 7. The zero-order valence-corrected chi connectivity index (χ0v) is 18.2. The Morgan fingerprint density at radius 1 is 1.15 bits per heavy atom. The molecule has 5 rings (SSSR count). The maximum atomic E-state index is 12.4. The van der Waals surface area contributed by atoms with Gasteiger partial charge >= 0.3 is 0 Å². The second-order valence-electron chi connectivity index (χ2n) is 8.22. The molecule has 2 atom stereocenters. The molecule has 33 heavy (non-hydrogen) atoms. The van der Waals surface area contributed by atoms with Gasteiger partial charge in [0, 0.05) is 31.3 Å². The Bertz CT molecular complexity index is 1310. The minimum atomic E-state index is -0.435. The molecule has 1 fully saturated rings. The van der Waals surface area contributed by atoms with Gasteiger partial charge in [0.05, 0.1) is 30.9 Å². The van der Waals surface area contributed by atoms with Crippen LogP contribution in [0.25, 0.3) is 17.1 Å². The minimum Gasteiger partial charge on any atom is -0.484 e. The van der Waals surface area contributed by atoms with Crippen molar-refractivity contribution in [1.29, 1.82) is 0 Å². The molecule has 1 aliphatic carbocycles.